The zero-order chi connectivity index (χ0) is 21.1. The molecular weight excluding hydrogens is 396 g/mol. The standard InChI is InChI=1S/C23H20N4O2S/c1-3-15-9-11-16(12-10-15)21(28)27-23(30)25-18-7-4-6-17(14(18)2)22-26-20-19(29-22)8-5-13-24-20/h4-13H,3H2,1-2H3,(H2,25,27,28,30). The third-order valence-electron chi connectivity index (χ3n) is 4.83. The van der Waals surface area contributed by atoms with E-state index >= 15 is 0 Å². The minimum atomic E-state index is -0.256. The molecule has 0 aliphatic rings. The van der Waals surface area contributed by atoms with Crippen LogP contribution in [0, 0.1) is 6.92 Å². The lowest BCUT2D eigenvalue weighted by Gasteiger charge is -2.13. The number of hydrogen-bond donors (Lipinski definition) is 2. The first-order valence-corrected chi connectivity index (χ1v) is 9.99. The van der Waals surface area contributed by atoms with Crippen molar-refractivity contribution in [1.82, 2.24) is 15.3 Å². The summed E-state index contributed by atoms with van der Waals surface area (Å²) in [6.45, 7) is 4.01. The normalized spacial score (nSPS) is 10.7. The van der Waals surface area contributed by atoms with Crippen molar-refractivity contribution in [2.75, 3.05) is 5.32 Å². The minimum absolute atomic E-state index is 0.221. The van der Waals surface area contributed by atoms with E-state index in [1.165, 1.54) is 5.56 Å². The van der Waals surface area contributed by atoms with Gasteiger partial charge in [0.25, 0.3) is 5.91 Å². The summed E-state index contributed by atoms with van der Waals surface area (Å²) in [5.74, 6) is 0.227. The number of carbonyl (C=O) groups is 1. The predicted molar refractivity (Wildman–Crippen MR) is 121 cm³/mol. The molecule has 0 spiro atoms. The lowest BCUT2D eigenvalue weighted by Crippen LogP contribution is -2.34. The molecule has 0 aliphatic heterocycles. The Kier molecular flexibility index (Phi) is 5.54. The maximum atomic E-state index is 12.4. The second kappa shape index (κ2) is 8.42. The Morgan fingerprint density at radius 3 is 2.63 bits per heavy atom. The number of amides is 1. The van der Waals surface area contributed by atoms with E-state index in [1.54, 1.807) is 24.4 Å². The van der Waals surface area contributed by atoms with E-state index in [2.05, 4.69) is 27.5 Å². The number of anilines is 1. The summed E-state index contributed by atoms with van der Waals surface area (Å²) in [5, 5.41) is 6.04. The van der Waals surface area contributed by atoms with Crippen molar-refractivity contribution >= 4 is 40.2 Å². The van der Waals surface area contributed by atoms with Crippen LogP contribution in [0.25, 0.3) is 22.7 Å². The van der Waals surface area contributed by atoms with Crippen molar-refractivity contribution < 1.29 is 9.21 Å². The smallest absolute Gasteiger partial charge is 0.257 e. The highest BCUT2D eigenvalue weighted by Crippen LogP contribution is 2.29. The van der Waals surface area contributed by atoms with E-state index < -0.39 is 0 Å². The SMILES string of the molecule is CCc1ccc(C(=O)NC(=S)Nc2cccc(-c3nc4ncccc4o3)c2C)cc1. The number of oxazole rings is 1. The number of nitrogens with one attached hydrogen (secondary N) is 2. The van der Waals surface area contributed by atoms with Gasteiger partial charge in [-0.3, -0.25) is 10.1 Å². The van der Waals surface area contributed by atoms with Crippen molar-refractivity contribution in [2.24, 2.45) is 0 Å². The Bertz CT molecular complexity index is 1200. The highest BCUT2D eigenvalue weighted by atomic mass is 32.1. The number of benzene rings is 2. The van der Waals surface area contributed by atoms with Crippen molar-refractivity contribution in [3.05, 3.63) is 77.5 Å². The summed E-state index contributed by atoms with van der Waals surface area (Å²) in [5.41, 5.74) is 5.39. The molecule has 4 aromatic rings. The van der Waals surface area contributed by atoms with Gasteiger partial charge in [-0.25, -0.2) is 4.98 Å². The van der Waals surface area contributed by atoms with Gasteiger partial charge in [-0.2, -0.15) is 4.98 Å². The van der Waals surface area contributed by atoms with Crippen LogP contribution in [-0.2, 0) is 6.42 Å². The van der Waals surface area contributed by atoms with Crippen LogP contribution in [0.1, 0.15) is 28.4 Å². The highest BCUT2D eigenvalue weighted by molar-refractivity contribution is 7.80. The molecule has 0 radical (unpaired) electrons. The fraction of sp³-hybridized carbons (Fsp3) is 0.130. The maximum Gasteiger partial charge on any atom is 0.257 e. The van der Waals surface area contributed by atoms with E-state index in [0.29, 0.717) is 22.7 Å². The van der Waals surface area contributed by atoms with Gasteiger partial charge in [0.2, 0.25) is 5.89 Å². The Balaban J connectivity index is 1.51. The van der Waals surface area contributed by atoms with E-state index in [1.807, 2.05) is 43.3 Å². The molecule has 1 amide bonds. The highest BCUT2D eigenvalue weighted by Gasteiger charge is 2.14. The van der Waals surface area contributed by atoms with Crippen LogP contribution in [0.3, 0.4) is 0 Å². The Labute approximate surface area is 179 Å². The number of nitrogens with zero attached hydrogens (tertiary/aromatic N) is 2. The third-order valence-corrected chi connectivity index (χ3v) is 5.03. The summed E-state index contributed by atoms with van der Waals surface area (Å²) in [6.07, 6.45) is 2.60. The van der Waals surface area contributed by atoms with Crippen LogP contribution < -0.4 is 10.6 Å². The zero-order valence-electron chi connectivity index (χ0n) is 16.6. The lowest BCUT2D eigenvalue weighted by molar-refractivity contribution is 0.0977. The molecule has 7 heteroatoms. The fourth-order valence-corrected chi connectivity index (χ4v) is 3.31. The van der Waals surface area contributed by atoms with Gasteiger partial charge >= 0.3 is 0 Å². The van der Waals surface area contributed by atoms with Crippen molar-refractivity contribution in [1.29, 1.82) is 0 Å². The number of hydrogen-bond acceptors (Lipinski definition) is 5. The van der Waals surface area contributed by atoms with E-state index in [9.17, 15) is 4.79 Å². The molecular formula is C23H20N4O2S. The summed E-state index contributed by atoms with van der Waals surface area (Å²) >= 11 is 5.34. The van der Waals surface area contributed by atoms with Gasteiger partial charge in [0.15, 0.2) is 16.3 Å². The van der Waals surface area contributed by atoms with Crippen LogP contribution in [0.5, 0.6) is 0 Å². The van der Waals surface area contributed by atoms with E-state index in [-0.39, 0.29) is 11.0 Å². The topological polar surface area (TPSA) is 80.0 Å². The number of thiocarbonyl (C=S) groups is 1. The molecule has 0 saturated carbocycles. The molecule has 0 bridgehead atoms. The van der Waals surface area contributed by atoms with Crippen molar-refractivity contribution in [3.63, 3.8) is 0 Å². The first kappa shape index (κ1) is 19.7. The van der Waals surface area contributed by atoms with Crippen molar-refractivity contribution in [2.45, 2.75) is 20.3 Å². The average molecular weight is 417 g/mol. The maximum absolute atomic E-state index is 12.4. The van der Waals surface area contributed by atoms with Crippen LogP contribution in [0.15, 0.2) is 65.2 Å². The summed E-state index contributed by atoms with van der Waals surface area (Å²) in [6, 6.07) is 16.8. The molecule has 0 fully saturated rings. The molecule has 0 saturated heterocycles. The lowest BCUT2D eigenvalue weighted by atomic mass is 10.1. The summed E-state index contributed by atoms with van der Waals surface area (Å²) in [4.78, 5) is 21.1. The molecule has 0 unspecified atom stereocenters. The Morgan fingerprint density at radius 2 is 1.90 bits per heavy atom. The quantitative estimate of drug-likeness (QED) is 0.461. The Hall–Kier alpha value is -3.58. The second-order valence-electron chi connectivity index (χ2n) is 6.78. The van der Waals surface area contributed by atoms with Crippen LogP contribution in [0.4, 0.5) is 5.69 Å². The van der Waals surface area contributed by atoms with Gasteiger partial charge in [-0.05, 0) is 73.1 Å². The average Bonchev–Trinajstić information content (AvgIpc) is 3.19. The van der Waals surface area contributed by atoms with Gasteiger partial charge in [-0.1, -0.05) is 25.1 Å². The molecule has 0 atom stereocenters. The molecule has 6 nitrogen and oxygen atoms in total. The number of pyridine rings is 1. The third kappa shape index (κ3) is 4.06. The molecule has 0 aliphatic carbocycles. The van der Waals surface area contributed by atoms with Crippen LogP contribution in [0.2, 0.25) is 0 Å². The first-order valence-electron chi connectivity index (χ1n) is 9.58. The number of rotatable bonds is 4. The largest absolute Gasteiger partial charge is 0.434 e. The number of aryl methyl sites for hydroxylation is 1. The summed E-state index contributed by atoms with van der Waals surface area (Å²) < 4.78 is 5.83. The molecule has 4 rings (SSSR count). The molecule has 30 heavy (non-hydrogen) atoms. The molecule has 2 heterocycles. The van der Waals surface area contributed by atoms with Crippen LogP contribution >= 0.6 is 12.2 Å². The molecule has 2 aromatic heterocycles. The second-order valence-corrected chi connectivity index (χ2v) is 7.19. The van der Waals surface area contributed by atoms with E-state index in [4.69, 9.17) is 16.6 Å². The molecule has 2 N–H and O–H groups in total. The van der Waals surface area contributed by atoms with Gasteiger partial charge < -0.3 is 9.73 Å². The zero-order valence-corrected chi connectivity index (χ0v) is 17.4. The molecule has 2 aromatic carbocycles. The predicted octanol–water partition coefficient (Wildman–Crippen LogP) is 4.89. The monoisotopic (exact) mass is 416 g/mol. The number of carbonyl (C=O) groups excluding carboxylic acids is 1. The minimum Gasteiger partial charge on any atom is -0.434 e. The van der Waals surface area contributed by atoms with Gasteiger partial charge in [-0.15, -0.1) is 0 Å². The fourth-order valence-electron chi connectivity index (χ4n) is 3.11. The van der Waals surface area contributed by atoms with Gasteiger partial charge in [0, 0.05) is 23.0 Å². The van der Waals surface area contributed by atoms with Gasteiger partial charge in [0.05, 0.1) is 0 Å². The van der Waals surface area contributed by atoms with Crippen molar-refractivity contribution in [3.8, 4) is 11.5 Å². The number of fused-ring (bicyclic) bond motifs is 1. The van der Waals surface area contributed by atoms with E-state index in [0.717, 1.165) is 23.2 Å². The van der Waals surface area contributed by atoms with Crippen LogP contribution in [-0.4, -0.2) is 21.0 Å². The number of aromatic nitrogens is 2. The Morgan fingerprint density at radius 1 is 1.10 bits per heavy atom. The van der Waals surface area contributed by atoms with Gasteiger partial charge in [0.1, 0.15) is 0 Å². The summed E-state index contributed by atoms with van der Waals surface area (Å²) in [7, 11) is 0. The molecule has 150 valence electrons. The first-order chi connectivity index (χ1) is 14.5.